The Hall–Kier alpha value is -2.12. The lowest BCUT2D eigenvalue weighted by Crippen LogP contribution is -2.36. The van der Waals surface area contributed by atoms with E-state index in [4.69, 9.17) is 14.6 Å². The van der Waals surface area contributed by atoms with Crippen molar-refractivity contribution in [1.82, 2.24) is 20.2 Å². The number of aromatic nitrogens is 3. The molecule has 3 aliphatic rings. The molecule has 4 heterocycles. The second kappa shape index (κ2) is 6.25. The lowest BCUT2D eigenvalue weighted by Gasteiger charge is -2.33. The van der Waals surface area contributed by atoms with Crippen LogP contribution in [-0.4, -0.2) is 39.6 Å². The Morgan fingerprint density at radius 1 is 1.31 bits per heavy atom. The van der Waals surface area contributed by atoms with E-state index in [9.17, 15) is 0 Å². The molecule has 0 radical (unpaired) electrons. The van der Waals surface area contributed by atoms with E-state index < -0.39 is 0 Å². The standard InChI is InChI=1S/C19H25N5O2/c1-2-24-18-15(12-21-24)17(22-13-4-8-25-9-5-13)14(11-20-18)16-10-19(26-23-16)6-3-7-19/h10-13,23H,2-9H2,1H3,(H,20,22). The van der Waals surface area contributed by atoms with Crippen molar-refractivity contribution in [2.45, 2.75) is 57.2 Å². The Morgan fingerprint density at radius 2 is 2.15 bits per heavy atom. The first kappa shape index (κ1) is 16.1. The van der Waals surface area contributed by atoms with Crippen LogP contribution in [0.1, 0.15) is 44.6 Å². The van der Waals surface area contributed by atoms with Crippen molar-refractivity contribution in [3.63, 3.8) is 0 Å². The van der Waals surface area contributed by atoms with E-state index in [-0.39, 0.29) is 5.60 Å². The number of hydrogen-bond acceptors (Lipinski definition) is 6. The second-order valence-electron chi connectivity index (χ2n) is 7.46. The molecule has 0 aromatic carbocycles. The van der Waals surface area contributed by atoms with Crippen LogP contribution in [-0.2, 0) is 16.1 Å². The fourth-order valence-corrected chi connectivity index (χ4v) is 4.05. The molecule has 2 aliphatic heterocycles. The minimum atomic E-state index is -0.117. The molecule has 1 saturated heterocycles. The van der Waals surface area contributed by atoms with Crippen molar-refractivity contribution >= 4 is 22.4 Å². The molecule has 0 amide bonds. The summed E-state index contributed by atoms with van der Waals surface area (Å²) in [7, 11) is 0. The van der Waals surface area contributed by atoms with Crippen LogP contribution < -0.4 is 10.8 Å². The van der Waals surface area contributed by atoms with Crippen LogP contribution in [0.3, 0.4) is 0 Å². The number of ether oxygens (including phenoxy) is 1. The highest BCUT2D eigenvalue weighted by atomic mass is 16.7. The van der Waals surface area contributed by atoms with Gasteiger partial charge in [-0.3, -0.25) is 10.3 Å². The summed E-state index contributed by atoms with van der Waals surface area (Å²) in [4.78, 5) is 10.6. The molecule has 2 fully saturated rings. The normalized spacial score (nSPS) is 22.3. The van der Waals surface area contributed by atoms with E-state index in [2.05, 4.69) is 28.9 Å². The summed E-state index contributed by atoms with van der Waals surface area (Å²) in [6.45, 7) is 4.51. The van der Waals surface area contributed by atoms with Crippen LogP contribution >= 0.6 is 0 Å². The van der Waals surface area contributed by atoms with Gasteiger partial charge in [-0.05, 0) is 45.1 Å². The molecule has 1 spiro atoms. The number of nitrogens with zero attached hydrogens (tertiary/aromatic N) is 3. The minimum absolute atomic E-state index is 0.117. The number of hydrogen-bond donors (Lipinski definition) is 2. The van der Waals surface area contributed by atoms with Crippen molar-refractivity contribution in [2.24, 2.45) is 0 Å². The lowest BCUT2D eigenvalue weighted by molar-refractivity contribution is -0.0821. The molecule has 1 aliphatic carbocycles. The summed E-state index contributed by atoms with van der Waals surface area (Å²) in [6, 6.07) is 0.402. The fourth-order valence-electron chi connectivity index (χ4n) is 4.05. The first-order chi connectivity index (χ1) is 12.8. The molecule has 2 aromatic rings. The zero-order chi connectivity index (χ0) is 17.6. The molecular formula is C19H25N5O2. The van der Waals surface area contributed by atoms with Crippen LogP contribution in [0.2, 0.25) is 0 Å². The smallest absolute Gasteiger partial charge is 0.159 e. The maximum absolute atomic E-state index is 5.89. The first-order valence-electron chi connectivity index (χ1n) is 9.64. The Labute approximate surface area is 152 Å². The maximum Gasteiger partial charge on any atom is 0.159 e. The van der Waals surface area contributed by atoms with Gasteiger partial charge in [-0.15, -0.1) is 0 Å². The summed E-state index contributed by atoms with van der Waals surface area (Å²) in [5.74, 6) is 0. The molecular weight excluding hydrogens is 330 g/mol. The molecule has 0 atom stereocenters. The van der Waals surface area contributed by atoms with Gasteiger partial charge in [-0.1, -0.05) is 0 Å². The Balaban J connectivity index is 1.58. The zero-order valence-electron chi connectivity index (χ0n) is 15.1. The maximum atomic E-state index is 5.89. The van der Waals surface area contributed by atoms with Gasteiger partial charge in [0, 0.05) is 37.6 Å². The molecule has 5 rings (SSSR count). The predicted octanol–water partition coefficient (Wildman–Crippen LogP) is 2.84. The summed E-state index contributed by atoms with van der Waals surface area (Å²) in [5, 5.41) is 9.33. The van der Waals surface area contributed by atoms with Crippen LogP contribution in [0, 0.1) is 0 Å². The molecule has 2 N–H and O–H groups in total. The Morgan fingerprint density at radius 3 is 2.85 bits per heavy atom. The number of hydroxylamine groups is 1. The summed E-state index contributed by atoms with van der Waals surface area (Å²) >= 11 is 0. The molecule has 7 heteroatoms. The van der Waals surface area contributed by atoms with E-state index in [0.717, 1.165) is 73.4 Å². The van der Waals surface area contributed by atoms with Crippen LogP contribution in [0.15, 0.2) is 18.5 Å². The van der Waals surface area contributed by atoms with Gasteiger partial charge in [-0.25, -0.2) is 9.67 Å². The summed E-state index contributed by atoms with van der Waals surface area (Å²) in [5.41, 5.74) is 7.13. The SMILES string of the molecule is CCn1ncc2c(NC3CCOCC3)c(C3=CC4(CCC4)ON3)cnc21. The van der Waals surface area contributed by atoms with Crippen LogP contribution in [0.4, 0.5) is 5.69 Å². The van der Waals surface area contributed by atoms with Crippen molar-refractivity contribution in [3.8, 4) is 0 Å². The van der Waals surface area contributed by atoms with Crippen LogP contribution in [0.25, 0.3) is 16.7 Å². The fraction of sp³-hybridized carbons (Fsp3) is 0.579. The molecule has 138 valence electrons. The Bertz CT molecular complexity index is 849. The lowest BCUT2D eigenvalue weighted by atomic mass is 9.80. The number of nitrogens with one attached hydrogen (secondary N) is 2. The van der Waals surface area contributed by atoms with E-state index >= 15 is 0 Å². The van der Waals surface area contributed by atoms with Gasteiger partial charge >= 0.3 is 0 Å². The largest absolute Gasteiger partial charge is 0.381 e. The van der Waals surface area contributed by atoms with Crippen molar-refractivity contribution in [2.75, 3.05) is 18.5 Å². The van der Waals surface area contributed by atoms with Gasteiger partial charge in [0.25, 0.3) is 0 Å². The van der Waals surface area contributed by atoms with Gasteiger partial charge in [0.1, 0.15) is 5.60 Å². The summed E-state index contributed by atoms with van der Waals surface area (Å²) < 4.78 is 7.45. The van der Waals surface area contributed by atoms with E-state index in [1.807, 2.05) is 17.1 Å². The highest BCUT2D eigenvalue weighted by Crippen LogP contribution is 2.43. The van der Waals surface area contributed by atoms with Gasteiger partial charge in [0.2, 0.25) is 0 Å². The quantitative estimate of drug-likeness (QED) is 0.879. The summed E-state index contributed by atoms with van der Waals surface area (Å²) in [6.07, 6.45) is 11.5. The predicted molar refractivity (Wildman–Crippen MR) is 99.4 cm³/mol. The third-order valence-electron chi connectivity index (χ3n) is 5.80. The average molecular weight is 355 g/mol. The van der Waals surface area contributed by atoms with E-state index in [1.165, 1.54) is 6.42 Å². The molecule has 26 heavy (non-hydrogen) atoms. The number of aryl methyl sites for hydroxylation is 1. The Kier molecular flexibility index (Phi) is 3.86. The topological polar surface area (TPSA) is 73.2 Å². The number of rotatable bonds is 4. The molecule has 0 bridgehead atoms. The molecule has 7 nitrogen and oxygen atoms in total. The van der Waals surface area contributed by atoms with E-state index in [0.29, 0.717) is 6.04 Å². The number of anilines is 1. The first-order valence-corrected chi connectivity index (χ1v) is 9.64. The molecule has 0 unspecified atom stereocenters. The zero-order valence-corrected chi connectivity index (χ0v) is 15.1. The number of pyridine rings is 1. The van der Waals surface area contributed by atoms with Gasteiger partial charge in [0.15, 0.2) is 5.65 Å². The molecule has 2 aromatic heterocycles. The number of fused-ring (bicyclic) bond motifs is 1. The third kappa shape index (κ3) is 2.57. The average Bonchev–Trinajstić information content (AvgIpc) is 3.27. The van der Waals surface area contributed by atoms with Crippen molar-refractivity contribution < 1.29 is 9.57 Å². The van der Waals surface area contributed by atoms with Crippen LogP contribution in [0.5, 0.6) is 0 Å². The van der Waals surface area contributed by atoms with Crippen molar-refractivity contribution in [3.05, 3.63) is 24.0 Å². The molecule has 1 saturated carbocycles. The van der Waals surface area contributed by atoms with Gasteiger partial charge in [0.05, 0.1) is 23.0 Å². The minimum Gasteiger partial charge on any atom is -0.381 e. The highest BCUT2D eigenvalue weighted by Gasteiger charge is 2.41. The highest BCUT2D eigenvalue weighted by molar-refractivity contribution is 5.95. The van der Waals surface area contributed by atoms with Gasteiger partial charge < -0.3 is 10.1 Å². The van der Waals surface area contributed by atoms with Crippen molar-refractivity contribution in [1.29, 1.82) is 0 Å². The van der Waals surface area contributed by atoms with E-state index in [1.54, 1.807) is 0 Å². The monoisotopic (exact) mass is 355 g/mol. The van der Waals surface area contributed by atoms with Gasteiger partial charge in [-0.2, -0.15) is 5.10 Å². The third-order valence-corrected chi connectivity index (χ3v) is 5.80. The second-order valence-corrected chi connectivity index (χ2v) is 7.46.